The molecule has 0 bridgehead atoms. The SMILES string of the molecule is NC(=O)c1ccc2c3c([nH]c2c1)CCCC3. The summed E-state index contributed by atoms with van der Waals surface area (Å²) in [6, 6.07) is 5.68. The third-order valence-corrected chi connectivity index (χ3v) is 3.38. The van der Waals surface area contributed by atoms with Crippen LogP contribution in [0.25, 0.3) is 10.9 Å². The molecule has 0 aliphatic heterocycles. The normalized spacial score (nSPS) is 15.0. The first-order valence-corrected chi connectivity index (χ1v) is 5.69. The molecule has 0 unspecified atom stereocenters. The lowest BCUT2D eigenvalue weighted by Gasteiger charge is -2.10. The molecule has 0 saturated carbocycles. The number of nitrogens with two attached hydrogens (primary N) is 1. The van der Waals surface area contributed by atoms with Gasteiger partial charge in [-0.3, -0.25) is 4.79 Å². The van der Waals surface area contributed by atoms with Crippen LogP contribution in [0.3, 0.4) is 0 Å². The second-order valence-electron chi connectivity index (χ2n) is 4.41. The van der Waals surface area contributed by atoms with Gasteiger partial charge in [0.25, 0.3) is 0 Å². The number of nitrogens with one attached hydrogen (secondary N) is 1. The molecule has 2 aromatic rings. The third kappa shape index (κ3) is 1.32. The maximum atomic E-state index is 11.1. The van der Waals surface area contributed by atoms with Crippen molar-refractivity contribution in [3.63, 3.8) is 0 Å². The average Bonchev–Trinajstić information content (AvgIpc) is 2.66. The lowest BCUT2D eigenvalue weighted by molar-refractivity contribution is 0.100. The van der Waals surface area contributed by atoms with Crippen molar-refractivity contribution in [3.8, 4) is 0 Å². The maximum Gasteiger partial charge on any atom is 0.248 e. The molecule has 0 radical (unpaired) electrons. The van der Waals surface area contributed by atoms with E-state index in [0.717, 1.165) is 18.4 Å². The molecule has 1 aliphatic rings. The van der Waals surface area contributed by atoms with E-state index in [-0.39, 0.29) is 5.91 Å². The number of carbonyl (C=O) groups excluding carboxylic acids is 1. The van der Waals surface area contributed by atoms with Crippen molar-refractivity contribution < 1.29 is 4.79 Å². The monoisotopic (exact) mass is 214 g/mol. The van der Waals surface area contributed by atoms with Crippen molar-refractivity contribution in [3.05, 3.63) is 35.0 Å². The quantitative estimate of drug-likeness (QED) is 0.750. The minimum absolute atomic E-state index is 0.366. The van der Waals surface area contributed by atoms with Crippen LogP contribution in [-0.4, -0.2) is 10.9 Å². The Kier molecular flexibility index (Phi) is 1.99. The summed E-state index contributed by atoms with van der Waals surface area (Å²) in [4.78, 5) is 14.5. The Bertz CT molecular complexity index is 569. The molecule has 3 nitrogen and oxygen atoms in total. The Morgan fingerprint density at radius 1 is 1.25 bits per heavy atom. The van der Waals surface area contributed by atoms with Gasteiger partial charge in [-0.25, -0.2) is 0 Å². The number of aromatic amines is 1. The number of aromatic nitrogens is 1. The first kappa shape index (κ1) is 9.46. The highest BCUT2D eigenvalue weighted by molar-refractivity contribution is 5.97. The lowest BCUT2D eigenvalue weighted by Crippen LogP contribution is -2.10. The molecule has 3 rings (SSSR count). The molecule has 0 saturated heterocycles. The number of amides is 1. The van der Waals surface area contributed by atoms with Crippen LogP contribution in [-0.2, 0) is 12.8 Å². The highest BCUT2D eigenvalue weighted by atomic mass is 16.1. The second kappa shape index (κ2) is 3.37. The number of carbonyl (C=O) groups is 1. The molecule has 82 valence electrons. The summed E-state index contributed by atoms with van der Waals surface area (Å²) in [6.45, 7) is 0. The van der Waals surface area contributed by atoms with Crippen molar-refractivity contribution in [2.45, 2.75) is 25.7 Å². The summed E-state index contributed by atoms with van der Waals surface area (Å²) in [5.41, 5.74) is 9.66. The number of benzene rings is 1. The van der Waals surface area contributed by atoms with Gasteiger partial charge in [-0.15, -0.1) is 0 Å². The van der Waals surface area contributed by atoms with Gasteiger partial charge in [-0.1, -0.05) is 6.07 Å². The molecule has 0 fully saturated rings. The minimum Gasteiger partial charge on any atom is -0.366 e. The lowest BCUT2D eigenvalue weighted by atomic mass is 9.95. The van der Waals surface area contributed by atoms with Crippen LogP contribution in [0, 0.1) is 0 Å². The second-order valence-corrected chi connectivity index (χ2v) is 4.41. The molecule has 1 aliphatic carbocycles. The summed E-state index contributed by atoms with van der Waals surface area (Å²) < 4.78 is 0. The van der Waals surface area contributed by atoms with Crippen LogP contribution in [0.2, 0.25) is 0 Å². The molecule has 1 aromatic carbocycles. The minimum atomic E-state index is -0.366. The van der Waals surface area contributed by atoms with Crippen LogP contribution in [0.4, 0.5) is 0 Å². The molecular weight excluding hydrogens is 200 g/mol. The fourth-order valence-electron chi connectivity index (χ4n) is 2.57. The molecule has 1 amide bonds. The van der Waals surface area contributed by atoms with Gasteiger partial charge in [0.05, 0.1) is 0 Å². The van der Waals surface area contributed by atoms with Crippen LogP contribution in [0.5, 0.6) is 0 Å². The summed E-state index contributed by atoms with van der Waals surface area (Å²) in [5.74, 6) is -0.366. The summed E-state index contributed by atoms with van der Waals surface area (Å²) in [7, 11) is 0. The highest BCUT2D eigenvalue weighted by Gasteiger charge is 2.15. The molecule has 3 heteroatoms. The van der Waals surface area contributed by atoms with Crippen molar-refractivity contribution in [1.82, 2.24) is 4.98 Å². The molecule has 1 heterocycles. The Balaban J connectivity index is 2.22. The van der Waals surface area contributed by atoms with E-state index < -0.39 is 0 Å². The zero-order chi connectivity index (χ0) is 11.1. The van der Waals surface area contributed by atoms with Gasteiger partial charge >= 0.3 is 0 Å². The summed E-state index contributed by atoms with van der Waals surface area (Å²) in [5, 5.41) is 1.25. The van der Waals surface area contributed by atoms with Crippen LogP contribution < -0.4 is 5.73 Å². The molecule has 16 heavy (non-hydrogen) atoms. The van der Waals surface area contributed by atoms with E-state index in [9.17, 15) is 4.79 Å². The predicted octanol–water partition coefficient (Wildman–Crippen LogP) is 2.15. The van der Waals surface area contributed by atoms with Crippen molar-refractivity contribution in [2.24, 2.45) is 5.73 Å². The van der Waals surface area contributed by atoms with E-state index in [0.29, 0.717) is 5.56 Å². The Morgan fingerprint density at radius 2 is 2.06 bits per heavy atom. The predicted molar refractivity (Wildman–Crippen MR) is 63.5 cm³/mol. The van der Waals surface area contributed by atoms with Gasteiger partial charge < -0.3 is 10.7 Å². The van der Waals surface area contributed by atoms with Crippen molar-refractivity contribution in [2.75, 3.05) is 0 Å². The van der Waals surface area contributed by atoms with Gasteiger partial charge in [0.2, 0.25) is 5.91 Å². The molecule has 0 spiro atoms. The van der Waals surface area contributed by atoms with E-state index in [1.165, 1.54) is 29.5 Å². The van der Waals surface area contributed by atoms with Gasteiger partial charge in [-0.2, -0.15) is 0 Å². The number of primary amides is 1. The number of hydrogen-bond acceptors (Lipinski definition) is 1. The van der Waals surface area contributed by atoms with Crippen LogP contribution in [0.15, 0.2) is 18.2 Å². The van der Waals surface area contributed by atoms with Gasteiger partial charge in [0.1, 0.15) is 0 Å². The largest absolute Gasteiger partial charge is 0.366 e. The Hall–Kier alpha value is -1.77. The van der Waals surface area contributed by atoms with E-state index in [4.69, 9.17) is 5.73 Å². The molecular formula is C13H14N2O. The maximum absolute atomic E-state index is 11.1. The number of fused-ring (bicyclic) bond motifs is 3. The topological polar surface area (TPSA) is 58.9 Å². The number of rotatable bonds is 1. The smallest absolute Gasteiger partial charge is 0.248 e. The van der Waals surface area contributed by atoms with Crippen molar-refractivity contribution >= 4 is 16.8 Å². The first-order valence-electron chi connectivity index (χ1n) is 5.69. The van der Waals surface area contributed by atoms with Gasteiger partial charge in [0.15, 0.2) is 0 Å². The van der Waals surface area contributed by atoms with E-state index in [2.05, 4.69) is 4.98 Å². The number of hydrogen-bond donors (Lipinski definition) is 2. The van der Waals surface area contributed by atoms with Crippen molar-refractivity contribution in [1.29, 1.82) is 0 Å². The standard InChI is InChI=1S/C13H14N2O/c14-13(16)8-5-6-10-9-3-1-2-4-11(9)15-12(10)7-8/h5-7,15H,1-4H2,(H2,14,16). The summed E-state index contributed by atoms with van der Waals surface area (Å²) >= 11 is 0. The molecule has 1 aromatic heterocycles. The average molecular weight is 214 g/mol. The fraction of sp³-hybridized carbons (Fsp3) is 0.308. The fourth-order valence-corrected chi connectivity index (χ4v) is 2.57. The highest BCUT2D eigenvalue weighted by Crippen LogP contribution is 2.29. The van der Waals surface area contributed by atoms with E-state index in [1.54, 1.807) is 0 Å². The zero-order valence-electron chi connectivity index (χ0n) is 9.05. The number of aryl methyl sites for hydroxylation is 2. The number of H-pyrrole nitrogens is 1. The van der Waals surface area contributed by atoms with Gasteiger partial charge in [0, 0.05) is 22.2 Å². The van der Waals surface area contributed by atoms with Crippen LogP contribution >= 0.6 is 0 Å². The van der Waals surface area contributed by atoms with Crippen LogP contribution in [0.1, 0.15) is 34.5 Å². The first-order chi connectivity index (χ1) is 7.75. The van der Waals surface area contributed by atoms with E-state index >= 15 is 0 Å². The third-order valence-electron chi connectivity index (χ3n) is 3.38. The summed E-state index contributed by atoms with van der Waals surface area (Å²) in [6.07, 6.45) is 4.78. The zero-order valence-corrected chi connectivity index (χ0v) is 9.05. The van der Waals surface area contributed by atoms with E-state index in [1.807, 2.05) is 18.2 Å². The molecule has 3 N–H and O–H groups in total. The Morgan fingerprint density at radius 3 is 2.88 bits per heavy atom. The van der Waals surface area contributed by atoms with Gasteiger partial charge in [-0.05, 0) is 43.4 Å². The molecule has 0 atom stereocenters. The Labute approximate surface area is 93.6 Å².